The Morgan fingerprint density at radius 2 is 1.76 bits per heavy atom. The normalized spacial score (nSPS) is 16.5. The second-order valence-electron chi connectivity index (χ2n) is 4.99. The van der Waals surface area contributed by atoms with Gasteiger partial charge in [-0.1, -0.05) is 0 Å². The van der Waals surface area contributed by atoms with Crippen molar-refractivity contribution in [2.45, 2.75) is 30.0 Å². The van der Waals surface area contributed by atoms with Crippen LogP contribution in [-0.4, -0.2) is 5.54 Å². The third-order valence-corrected chi connectivity index (χ3v) is 8.54. The van der Waals surface area contributed by atoms with Crippen molar-refractivity contribution in [1.82, 2.24) is 3.30 Å². The van der Waals surface area contributed by atoms with Crippen molar-refractivity contribution >= 4 is 6.08 Å². The minimum atomic E-state index is -0.777. The van der Waals surface area contributed by atoms with E-state index in [2.05, 4.69) is 60.5 Å². The van der Waals surface area contributed by atoms with Crippen molar-refractivity contribution < 1.29 is 48.0 Å². The molecule has 0 radical (unpaired) electrons. The summed E-state index contributed by atoms with van der Waals surface area (Å²) in [5, 5.41) is 0. The van der Waals surface area contributed by atoms with Gasteiger partial charge in [-0.25, -0.2) is 0 Å². The van der Waals surface area contributed by atoms with Crippen LogP contribution in [0.3, 0.4) is 0 Å². The van der Waals surface area contributed by atoms with Gasteiger partial charge >= 0.3 is 104 Å². The molecule has 0 aliphatic heterocycles. The van der Waals surface area contributed by atoms with Gasteiger partial charge in [0.1, 0.15) is 0 Å². The molecule has 2 rings (SSSR count). The van der Waals surface area contributed by atoms with Crippen LogP contribution in [0.4, 0.5) is 0 Å². The average Bonchev–Trinajstić information content (AvgIpc) is 2.57. The van der Waals surface area contributed by atoms with E-state index in [9.17, 15) is 0 Å². The molecular formula is C13H17Cl2HfN. The largest absolute Gasteiger partial charge is 1.00 e. The van der Waals surface area contributed by atoms with Gasteiger partial charge < -0.3 is 24.8 Å². The summed E-state index contributed by atoms with van der Waals surface area (Å²) < 4.78 is 4.48. The van der Waals surface area contributed by atoms with Crippen LogP contribution in [0.5, 0.6) is 0 Å². The Morgan fingerprint density at radius 3 is 2.41 bits per heavy atom. The van der Waals surface area contributed by atoms with Crippen molar-refractivity contribution in [3.05, 3.63) is 41.5 Å². The smallest absolute Gasteiger partial charge is 1.00 e. The molecule has 1 nitrogen and oxygen atoms in total. The van der Waals surface area contributed by atoms with Crippen molar-refractivity contribution in [2.75, 3.05) is 0 Å². The molecular weight excluding hydrogens is 420 g/mol. The maximum Gasteiger partial charge on any atom is -1.00 e. The van der Waals surface area contributed by atoms with Crippen LogP contribution in [0, 0.1) is 0 Å². The number of hydrogen-bond acceptors (Lipinski definition) is 1. The molecule has 0 spiro atoms. The van der Waals surface area contributed by atoms with E-state index in [1.54, 1.807) is 0 Å². The van der Waals surface area contributed by atoms with E-state index in [1.165, 1.54) is 11.1 Å². The van der Waals surface area contributed by atoms with E-state index in [0.29, 0.717) is 0 Å². The first-order chi connectivity index (χ1) is 7.06. The zero-order chi connectivity index (χ0) is 10.9. The first-order valence-electron chi connectivity index (χ1n) is 5.36. The van der Waals surface area contributed by atoms with Crippen molar-refractivity contribution in [1.29, 1.82) is 0 Å². The number of benzene rings is 1. The predicted molar refractivity (Wildman–Crippen MR) is 61.1 cm³/mol. The minimum Gasteiger partial charge on any atom is -1.00 e. The van der Waals surface area contributed by atoms with E-state index in [1.807, 2.05) is 0 Å². The topological polar surface area (TPSA) is 12.0 Å². The maximum atomic E-state index is 3.75. The van der Waals surface area contributed by atoms with Crippen LogP contribution in [0.1, 0.15) is 35.6 Å². The van der Waals surface area contributed by atoms with E-state index in [0.717, 1.165) is 3.67 Å². The summed E-state index contributed by atoms with van der Waals surface area (Å²) in [4.78, 5) is 0. The molecule has 1 aromatic rings. The molecule has 1 unspecified atom stereocenters. The monoisotopic (exact) mass is 437 g/mol. The Kier molecular flexibility index (Phi) is 7.24. The molecule has 1 atom stereocenters. The summed E-state index contributed by atoms with van der Waals surface area (Å²) in [6.45, 7) is 6.76. The van der Waals surface area contributed by atoms with Crippen LogP contribution in [0.15, 0.2) is 30.3 Å². The molecule has 1 N–H and O–H groups in total. The van der Waals surface area contributed by atoms with Crippen molar-refractivity contribution in [2.24, 2.45) is 0 Å². The van der Waals surface area contributed by atoms with Gasteiger partial charge in [0.25, 0.3) is 0 Å². The SMILES string of the molecule is CC(C)(C)[NH][Hf+2][CH]1C=Cc2ccccc21.[Cl-].[Cl-]. The Bertz CT molecular complexity index is 385. The van der Waals surface area contributed by atoms with E-state index in [-0.39, 0.29) is 30.4 Å². The van der Waals surface area contributed by atoms with Gasteiger partial charge in [0.15, 0.2) is 0 Å². The number of hydrogen-bond donors (Lipinski definition) is 1. The fraction of sp³-hybridized carbons (Fsp3) is 0.385. The zero-order valence-corrected chi connectivity index (χ0v) is 15.4. The minimum absolute atomic E-state index is 0. The van der Waals surface area contributed by atoms with Gasteiger partial charge in [0.05, 0.1) is 0 Å². The number of fused-ring (bicyclic) bond motifs is 1. The zero-order valence-electron chi connectivity index (χ0n) is 10.3. The summed E-state index contributed by atoms with van der Waals surface area (Å²) in [5.74, 6) is 0. The standard InChI is InChI=1S/C9H7.C4H10N.2ClH.Hf/c1-2-5-9-7-3-6-8(9)4-1;1-4(2,3)5;;;/h1-7H;5H,1-3H3;2*1H;/q;-1;;;+3/p-2. The molecule has 0 saturated carbocycles. The Balaban J connectivity index is 0.00000128. The number of nitrogens with one attached hydrogen (secondary N) is 1. The summed E-state index contributed by atoms with van der Waals surface area (Å²) in [6.07, 6.45) is 4.66. The molecule has 0 bridgehead atoms. The molecule has 1 aliphatic rings. The average molecular weight is 437 g/mol. The molecule has 0 aromatic heterocycles. The number of allylic oxidation sites excluding steroid dienone is 1. The number of rotatable bonds is 2. The molecule has 92 valence electrons. The summed E-state index contributed by atoms with van der Waals surface area (Å²) in [7, 11) is 0. The van der Waals surface area contributed by atoms with Gasteiger partial charge in [-0.3, -0.25) is 0 Å². The van der Waals surface area contributed by atoms with E-state index in [4.69, 9.17) is 0 Å². The van der Waals surface area contributed by atoms with Gasteiger partial charge in [0, 0.05) is 0 Å². The van der Waals surface area contributed by atoms with Crippen LogP contribution in [0.25, 0.3) is 6.08 Å². The fourth-order valence-corrected chi connectivity index (χ4v) is 5.98. The van der Waals surface area contributed by atoms with Crippen LogP contribution in [-0.2, 0) is 23.2 Å². The fourth-order valence-electron chi connectivity index (χ4n) is 1.67. The summed E-state index contributed by atoms with van der Waals surface area (Å²) in [5.41, 5.74) is 3.25. The second-order valence-corrected chi connectivity index (χ2v) is 9.16. The van der Waals surface area contributed by atoms with Crippen LogP contribution < -0.4 is 28.1 Å². The Morgan fingerprint density at radius 1 is 1.12 bits per heavy atom. The third-order valence-electron chi connectivity index (χ3n) is 2.40. The molecule has 4 heteroatoms. The Hall–Kier alpha value is 0.370. The van der Waals surface area contributed by atoms with Crippen LogP contribution >= 0.6 is 0 Å². The quantitative estimate of drug-likeness (QED) is 0.492. The molecule has 0 heterocycles. The van der Waals surface area contributed by atoms with E-state index >= 15 is 0 Å². The first-order valence-corrected chi connectivity index (χ1v) is 9.23. The van der Waals surface area contributed by atoms with Crippen LogP contribution in [0.2, 0.25) is 0 Å². The summed E-state index contributed by atoms with van der Waals surface area (Å²) in [6, 6.07) is 8.76. The molecule has 17 heavy (non-hydrogen) atoms. The predicted octanol–water partition coefficient (Wildman–Crippen LogP) is -2.85. The molecule has 1 aromatic carbocycles. The Labute approximate surface area is 128 Å². The number of halogens is 2. The van der Waals surface area contributed by atoms with E-state index < -0.39 is 23.2 Å². The first kappa shape index (κ1) is 17.4. The second kappa shape index (κ2) is 7.08. The molecule has 0 saturated heterocycles. The molecule has 0 amide bonds. The third kappa shape index (κ3) is 4.86. The van der Waals surface area contributed by atoms with Gasteiger partial charge in [-0.2, -0.15) is 0 Å². The van der Waals surface area contributed by atoms with Crippen molar-refractivity contribution in [3.63, 3.8) is 0 Å². The molecule has 1 aliphatic carbocycles. The molecule has 0 fully saturated rings. The van der Waals surface area contributed by atoms with Gasteiger partial charge in [-0.05, 0) is 0 Å². The summed E-state index contributed by atoms with van der Waals surface area (Å²) >= 11 is -0.777. The maximum absolute atomic E-state index is 3.75. The van der Waals surface area contributed by atoms with Crippen molar-refractivity contribution in [3.8, 4) is 0 Å². The van der Waals surface area contributed by atoms with Gasteiger partial charge in [0.2, 0.25) is 0 Å². The van der Waals surface area contributed by atoms with Gasteiger partial charge in [-0.15, -0.1) is 0 Å².